The van der Waals surface area contributed by atoms with E-state index in [4.69, 9.17) is 27.1 Å². The van der Waals surface area contributed by atoms with Gasteiger partial charge in [0.05, 0.1) is 5.92 Å². The molecule has 39 heavy (non-hydrogen) atoms. The van der Waals surface area contributed by atoms with Crippen LogP contribution in [0.15, 0.2) is 91.0 Å². The lowest BCUT2D eigenvalue weighted by Crippen LogP contribution is -2.12. The maximum atomic E-state index is 6.62. The highest BCUT2D eigenvalue weighted by molar-refractivity contribution is 7.19. The Bertz CT molecular complexity index is 1850. The number of fused-ring (bicyclic) bond motifs is 7. The third-order valence-corrected chi connectivity index (χ3v) is 8.34. The Morgan fingerprint density at radius 1 is 0.667 bits per heavy atom. The summed E-state index contributed by atoms with van der Waals surface area (Å²) in [4.78, 5) is 1.24. The summed E-state index contributed by atoms with van der Waals surface area (Å²) in [5.41, 5.74) is 2.22. The van der Waals surface area contributed by atoms with Crippen LogP contribution in [0.5, 0.6) is 23.0 Å². The third kappa shape index (κ3) is 3.94. The Kier molecular flexibility index (Phi) is 5.63. The third-order valence-electron chi connectivity index (χ3n) is 7.16. The largest absolute Gasteiger partial charge is 0.481 e. The highest BCUT2D eigenvalue weighted by Gasteiger charge is 2.33. The molecule has 0 spiro atoms. The zero-order valence-corrected chi connectivity index (χ0v) is 21.8. The average Bonchev–Trinajstić information content (AvgIpc) is 3.41. The molecule has 6 aromatic rings. The van der Waals surface area contributed by atoms with Crippen molar-refractivity contribution in [1.29, 1.82) is 0 Å². The molecular formula is C35H22O3S. The van der Waals surface area contributed by atoms with Gasteiger partial charge in [-0.15, -0.1) is 24.2 Å². The van der Waals surface area contributed by atoms with E-state index in [1.165, 1.54) is 15.0 Å². The van der Waals surface area contributed by atoms with Gasteiger partial charge in [0, 0.05) is 20.7 Å². The van der Waals surface area contributed by atoms with Gasteiger partial charge in [-0.1, -0.05) is 54.3 Å². The van der Waals surface area contributed by atoms with Crippen LogP contribution in [0.25, 0.3) is 31.6 Å². The molecule has 0 atom stereocenters. The van der Waals surface area contributed by atoms with Gasteiger partial charge in [0.2, 0.25) is 0 Å². The fourth-order valence-electron chi connectivity index (χ4n) is 5.50. The van der Waals surface area contributed by atoms with Crippen LogP contribution in [-0.4, -0.2) is 13.2 Å². The van der Waals surface area contributed by atoms with Crippen molar-refractivity contribution >= 4 is 43.0 Å². The summed E-state index contributed by atoms with van der Waals surface area (Å²) >= 11 is 1.81. The molecule has 1 aliphatic rings. The van der Waals surface area contributed by atoms with Gasteiger partial charge in [0.25, 0.3) is 0 Å². The molecule has 0 saturated carbocycles. The normalized spacial score (nSPS) is 12.4. The van der Waals surface area contributed by atoms with E-state index in [2.05, 4.69) is 90.7 Å². The van der Waals surface area contributed by atoms with E-state index in [0.717, 1.165) is 55.7 Å². The minimum atomic E-state index is -0.0701. The average molecular weight is 523 g/mol. The smallest absolute Gasteiger partial charge is 0.148 e. The standard InChI is InChI=1S/C35H22O3S/c1-3-17-36-25-13-9-22-11-15-29-33(27(22)20-25)35(32-19-24-7-5-6-8-31(24)39-32)34-28-21-26(37-18-4-2)14-10-23(28)12-16-30(34)38-29/h1-2,5-16,19-21,35H,17-18H2. The monoisotopic (exact) mass is 522 g/mol. The fraction of sp³-hybridized carbons (Fsp3) is 0.0857. The first kappa shape index (κ1) is 23.2. The molecule has 5 aromatic carbocycles. The lowest BCUT2D eigenvalue weighted by Gasteiger charge is -2.30. The maximum absolute atomic E-state index is 6.62. The lowest BCUT2D eigenvalue weighted by molar-refractivity contribution is 0.371. The lowest BCUT2D eigenvalue weighted by atomic mass is 9.81. The molecular weight excluding hydrogens is 500 g/mol. The molecule has 0 fully saturated rings. The molecule has 186 valence electrons. The van der Waals surface area contributed by atoms with Crippen molar-refractivity contribution in [2.45, 2.75) is 5.92 Å². The molecule has 0 bridgehead atoms. The Morgan fingerprint density at radius 3 is 1.79 bits per heavy atom. The Balaban J connectivity index is 1.54. The van der Waals surface area contributed by atoms with Crippen LogP contribution in [0.2, 0.25) is 0 Å². The summed E-state index contributed by atoms with van der Waals surface area (Å²) in [5.74, 6) is 8.19. The first-order valence-electron chi connectivity index (χ1n) is 12.7. The van der Waals surface area contributed by atoms with E-state index in [9.17, 15) is 0 Å². The van der Waals surface area contributed by atoms with Crippen LogP contribution in [0, 0.1) is 24.7 Å². The number of ether oxygens (including phenoxy) is 3. The Morgan fingerprint density at radius 2 is 1.23 bits per heavy atom. The van der Waals surface area contributed by atoms with Gasteiger partial charge in [-0.3, -0.25) is 0 Å². The van der Waals surface area contributed by atoms with Crippen molar-refractivity contribution in [2.75, 3.05) is 13.2 Å². The van der Waals surface area contributed by atoms with Crippen LogP contribution >= 0.6 is 11.3 Å². The molecule has 4 heteroatoms. The van der Waals surface area contributed by atoms with Crippen molar-refractivity contribution in [3.8, 4) is 47.7 Å². The van der Waals surface area contributed by atoms with Gasteiger partial charge in [-0.05, 0) is 75.5 Å². The minimum absolute atomic E-state index is 0.0701. The molecule has 1 aromatic heterocycles. The zero-order valence-electron chi connectivity index (χ0n) is 20.9. The number of benzene rings is 5. The van der Waals surface area contributed by atoms with Gasteiger partial charge in [-0.2, -0.15) is 0 Å². The highest BCUT2D eigenvalue weighted by atomic mass is 32.1. The van der Waals surface area contributed by atoms with Gasteiger partial charge in [0.1, 0.15) is 36.2 Å². The summed E-state index contributed by atoms with van der Waals surface area (Å²) < 4.78 is 19.5. The van der Waals surface area contributed by atoms with Crippen LogP contribution in [0.1, 0.15) is 21.9 Å². The van der Waals surface area contributed by atoms with Crippen LogP contribution in [0.4, 0.5) is 0 Å². The second kappa shape index (κ2) is 9.44. The molecule has 0 saturated heterocycles. The van der Waals surface area contributed by atoms with Gasteiger partial charge >= 0.3 is 0 Å². The van der Waals surface area contributed by atoms with Gasteiger partial charge < -0.3 is 14.2 Å². The zero-order chi connectivity index (χ0) is 26.3. The molecule has 0 N–H and O–H groups in total. The van der Waals surface area contributed by atoms with Crippen LogP contribution in [-0.2, 0) is 0 Å². The van der Waals surface area contributed by atoms with Crippen LogP contribution in [0.3, 0.4) is 0 Å². The molecule has 2 heterocycles. The van der Waals surface area contributed by atoms with E-state index in [1.54, 1.807) is 0 Å². The maximum Gasteiger partial charge on any atom is 0.148 e. The fourth-order valence-corrected chi connectivity index (χ4v) is 6.68. The van der Waals surface area contributed by atoms with Crippen molar-refractivity contribution < 1.29 is 14.2 Å². The van der Waals surface area contributed by atoms with Crippen molar-refractivity contribution in [3.63, 3.8) is 0 Å². The summed E-state index contributed by atoms with van der Waals surface area (Å²) in [6, 6.07) is 31.4. The molecule has 0 radical (unpaired) electrons. The van der Waals surface area contributed by atoms with Crippen molar-refractivity contribution in [2.24, 2.45) is 0 Å². The van der Waals surface area contributed by atoms with Gasteiger partial charge in [0.15, 0.2) is 0 Å². The van der Waals surface area contributed by atoms with E-state index >= 15 is 0 Å². The van der Waals surface area contributed by atoms with Crippen LogP contribution < -0.4 is 14.2 Å². The first-order valence-corrected chi connectivity index (χ1v) is 13.5. The molecule has 3 nitrogen and oxygen atoms in total. The molecule has 7 rings (SSSR count). The van der Waals surface area contributed by atoms with E-state index in [1.807, 2.05) is 23.5 Å². The van der Waals surface area contributed by atoms with Gasteiger partial charge in [-0.25, -0.2) is 0 Å². The molecule has 1 aliphatic heterocycles. The van der Waals surface area contributed by atoms with E-state index < -0.39 is 0 Å². The number of hydrogen-bond acceptors (Lipinski definition) is 4. The predicted molar refractivity (Wildman–Crippen MR) is 159 cm³/mol. The topological polar surface area (TPSA) is 27.7 Å². The SMILES string of the molecule is C#CCOc1ccc2ccc3c(c2c1)C(c1cc2ccccc2s1)c1c(ccc2ccc(OCC#C)cc12)O3. The summed E-state index contributed by atoms with van der Waals surface area (Å²) in [6.07, 6.45) is 10.9. The summed E-state index contributed by atoms with van der Waals surface area (Å²) in [7, 11) is 0. The molecule has 0 amide bonds. The first-order chi connectivity index (χ1) is 19.2. The van der Waals surface area contributed by atoms with Crippen molar-refractivity contribution in [3.05, 3.63) is 107 Å². The van der Waals surface area contributed by atoms with Crippen molar-refractivity contribution in [1.82, 2.24) is 0 Å². The molecule has 0 aliphatic carbocycles. The highest BCUT2D eigenvalue weighted by Crippen LogP contribution is 2.54. The Labute approximate surface area is 230 Å². The quantitative estimate of drug-likeness (QED) is 0.212. The summed E-state index contributed by atoms with van der Waals surface area (Å²) in [6.45, 7) is 0.426. The Hall–Kier alpha value is -4.90. The predicted octanol–water partition coefficient (Wildman–Crippen LogP) is 8.52. The summed E-state index contributed by atoms with van der Waals surface area (Å²) in [5, 5.41) is 5.60. The second-order valence-corrected chi connectivity index (χ2v) is 10.5. The number of terminal acetylenes is 2. The minimum Gasteiger partial charge on any atom is -0.481 e. The number of hydrogen-bond donors (Lipinski definition) is 0. The second-order valence-electron chi connectivity index (χ2n) is 9.43. The van der Waals surface area contributed by atoms with E-state index in [-0.39, 0.29) is 19.1 Å². The van der Waals surface area contributed by atoms with E-state index in [0.29, 0.717) is 0 Å². The number of rotatable bonds is 5. The molecule has 0 unspecified atom stereocenters. The number of thiophene rings is 1.